The molecule has 0 amide bonds. The molecule has 154 valence electrons. The third-order valence-electron chi connectivity index (χ3n) is 2.32. The van der Waals surface area contributed by atoms with Gasteiger partial charge in [-0.05, 0) is 25.0 Å². The van der Waals surface area contributed by atoms with Gasteiger partial charge >= 0.3 is 0 Å². The molecule has 0 aliphatic rings. The zero-order chi connectivity index (χ0) is 21.1. The van der Waals surface area contributed by atoms with Crippen LogP contribution in [0.4, 0.5) is 0 Å². The first-order chi connectivity index (χ1) is 12.9. The van der Waals surface area contributed by atoms with Gasteiger partial charge in [0.05, 0.1) is 0 Å². The van der Waals surface area contributed by atoms with Crippen molar-refractivity contribution >= 4 is 29.0 Å². The van der Waals surface area contributed by atoms with Gasteiger partial charge < -0.3 is 0 Å². The summed E-state index contributed by atoms with van der Waals surface area (Å²) in [7, 11) is 0. The minimum absolute atomic E-state index is 0. The van der Waals surface area contributed by atoms with Gasteiger partial charge in [0.15, 0.2) is 0 Å². The minimum atomic E-state index is 0. The Hall–Kier alpha value is -1.95. The van der Waals surface area contributed by atoms with E-state index in [9.17, 15) is 0 Å². The highest BCUT2D eigenvalue weighted by molar-refractivity contribution is 5.76. The summed E-state index contributed by atoms with van der Waals surface area (Å²) in [5.41, 5.74) is 2.53. The van der Waals surface area contributed by atoms with Crippen molar-refractivity contribution in [3.05, 3.63) is 83.9 Å². The zero-order valence-electron chi connectivity index (χ0n) is 20.2. The lowest BCUT2D eigenvalue weighted by Crippen LogP contribution is -1.65. The molecule has 0 aliphatic carbocycles. The molecule has 0 unspecified atom stereocenters. The average Bonchev–Trinajstić information content (AvgIpc) is 2.76. The lowest BCUT2D eigenvalue weighted by Gasteiger charge is -1.86. The van der Waals surface area contributed by atoms with Gasteiger partial charge in [-0.15, -0.1) is 0 Å². The molecule has 0 heterocycles. The van der Waals surface area contributed by atoms with Crippen molar-refractivity contribution in [1.82, 2.24) is 0 Å². The molecular formula is C26H44B2. The van der Waals surface area contributed by atoms with Crippen molar-refractivity contribution in [2.75, 3.05) is 0 Å². The Kier molecular flexibility index (Phi) is 64.6. The summed E-state index contributed by atoms with van der Waals surface area (Å²) in [6.07, 6.45) is 8.24. The maximum Gasteiger partial charge on any atom is 0 e. The first kappa shape index (κ1) is 40.7. The SMILES string of the molecule is C/C=C/c1ccccc1.C/C=C\c1ccccc1.CC.CC.CC.CC.[B].[B]. The number of hydrogen-bond donors (Lipinski definition) is 0. The minimum Gasteiger partial charge on any atom is -0.0871 e. The maximum atomic E-state index is 2.08. The molecule has 2 heteroatoms. The molecule has 28 heavy (non-hydrogen) atoms. The lowest BCUT2D eigenvalue weighted by atomic mass is 10.2. The van der Waals surface area contributed by atoms with Crippen LogP contribution >= 0.6 is 0 Å². The Labute approximate surface area is 182 Å². The third kappa shape index (κ3) is 31.8. The number of allylic oxidation sites excluding steroid dienone is 2. The largest absolute Gasteiger partial charge is 0.0871 e. The van der Waals surface area contributed by atoms with Crippen LogP contribution in [0.5, 0.6) is 0 Å². The average molecular weight is 378 g/mol. The number of hydrogen-bond acceptors (Lipinski definition) is 0. The van der Waals surface area contributed by atoms with Gasteiger partial charge in [0.25, 0.3) is 0 Å². The van der Waals surface area contributed by atoms with Crippen LogP contribution in [0.15, 0.2) is 72.8 Å². The molecule has 0 bridgehead atoms. The zero-order valence-corrected chi connectivity index (χ0v) is 20.2. The molecule has 0 aromatic heterocycles. The van der Waals surface area contributed by atoms with Gasteiger partial charge in [-0.2, -0.15) is 0 Å². The lowest BCUT2D eigenvalue weighted by molar-refractivity contribution is 1.50. The van der Waals surface area contributed by atoms with E-state index < -0.39 is 0 Å². The first-order valence-corrected chi connectivity index (χ1v) is 10.2. The van der Waals surface area contributed by atoms with E-state index in [1.54, 1.807) is 0 Å². The Morgan fingerprint density at radius 3 is 0.821 bits per heavy atom. The fourth-order valence-electron chi connectivity index (χ4n) is 1.51. The molecular weight excluding hydrogens is 334 g/mol. The monoisotopic (exact) mass is 378 g/mol. The quantitative estimate of drug-likeness (QED) is 0.458. The first-order valence-electron chi connectivity index (χ1n) is 10.2. The van der Waals surface area contributed by atoms with E-state index in [4.69, 9.17) is 0 Å². The van der Waals surface area contributed by atoms with Crippen molar-refractivity contribution in [1.29, 1.82) is 0 Å². The Morgan fingerprint density at radius 1 is 0.429 bits per heavy atom. The predicted molar refractivity (Wildman–Crippen MR) is 139 cm³/mol. The van der Waals surface area contributed by atoms with Gasteiger partial charge in [0.1, 0.15) is 0 Å². The summed E-state index contributed by atoms with van der Waals surface area (Å²) in [4.78, 5) is 0. The summed E-state index contributed by atoms with van der Waals surface area (Å²) in [5, 5.41) is 0. The summed E-state index contributed by atoms with van der Waals surface area (Å²) < 4.78 is 0. The van der Waals surface area contributed by atoms with E-state index in [0.29, 0.717) is 0 Å². The molecule has 0 aliphatic heterocycles. The summed E-state index contributed by atoms with van der Waals surface area (Å²) in [6.45, 7) is 20.0. The highest BCUT2D eigenvalue weighted by atomic mass is 13.8. The van der Waals surface area contributed by atoms with E-state index >= 15 is 0 Å². The van der Waals surface area contributed by atoms with Crippen molar-refractivity contribution in [3.63, 3.8) is 0 Å². The van der Waals surface area contributed by atoms with Crippen molar-refractivity contribution in [2.45, 2.75) is 69.2 Å². The molecule has 0 N–H and O–H groups in total. The smallest absolute Gasteiger partial charge is 0 e. The van der Waals surface area contributed by atoms with Crippen molar-refractivity contribution in [2.24, 2.45) is 0 Å². The second-order valence-electron chi connectivity index (χ2n) is 3.82. The topological polar surface area (TPSA) is 0 Å². The third-order valence-corrected chi connectivity index (χ3v) is 2.32. The molecule has 0 atom stereocenters. The van der Waals surface area contributed by atoms with Crippen LogP contribution in [0, 0.1) is 0 Å². The molecule has 0 spiro atoms. The molecule has 2 aromatic rings. The second-order valence-corrected chi connectivity index (χ2v) is 3.82. The van der Waals surface area contributed by atoms with Gasteiger partial charge in [0, 0.05) is 16.8 Å². The normalized spacial score (nSPS) is 7.50. The number of benzene rings is 2. The van der Waals surface area contributed by atoms with Crippen LogP contribution in [-0.4, -0.2) is 16.8 Å². The molecule has 0 saturated carbocycles. The second kappa shape index (κ2) is 44.5. The molecule has 0 saturated heterocycles. The van der Waals surface area contributed by atoms with E-state index in [2.05, 4.69) is 36.4 Å². The maximum absolute atomic E-state index is 2.08. The molecule has 0 nitrogen and oxygen atoms in total. The Bertz CT molecular complexity index is 427. The molecule has 0 fully saturated rings. The van der Waals surface area contributed by atoms with Gasteiger partial charge in [-0.25, -0.2) is 0 Å². The summed E-state index contributed by atoms with van der Waals surface area (Å²) in [5.74, 6) is 0. The van der Waals surface area contributed by atoms with Crippen LogP contribution in [0.3, 0.4) is 0 Å². The highest BCUT2D eigenvalue weighted by Gasteiger charge is 1.78. The summed E-state index contributed by atoms with van der Waals surface area (Å²) in [6, 6.07) is 20.5. The Morgan fingerprint density at radius 2 is 0.643 bits per heavy atom. The summed E-state index contributed by atoms with van der Waals surface area (Å²) >= 11 is 0. The number of rotatable bonds is 2. The molecule has 2 rings (SSSR count). The van der Waals surface area contributed by atoms with Gasteiger partial charge in [0.2, 0.25) is 0 Å². The standard InChI is InChI=1S/2C9H10.4C2H6.2B/c2*1-2-6-9-7-4-3-5-8-9;4*1-2;;/h2*2-8H,1H3;4*1-2H3;;/b6-2+;6-2-;;;;;;. The predicted octanol–water partition coefficient (Wildman–Crippen LogP) is 8.78. The molecule has 6 radical (unpaired) electrons. The van der Waals surface area contributed by atoms with Crippen LogP contribution in [-0.2, 0) is 0 Å². The Balaban J connectivity index is -0.0000000606. The van der Waals surface area contributed by atoms with E-state index in [1.165, 1.54) is 11.1 Å². The van der Waals surface area contributed by atoms with Crippen molar-refractivity contribution < 1.29 is 0 Å². The highest BCUT2D eigenvalue weighted by Crippen LogP contribution is 2.00. The van der Waals surface area contributed by atoms with Crippen LogP contribution < -0.4 is 0 Å². The van der Waals surface area contributed by atoms with Gasteiger partial charge in [-0.1, -0.05) is 140 Å². The fourth-order valence-corrected chi connectivity index (χ4v) is 1.51. The fraction of sp³-hybridized carbons (Fsp3) is 0.385. The molecule has 2 aromatic carbocycles. The van der Waals surface area contributed by atoms with Crippen molar-refractivity contribution in [3.8, 4) is 0 Å². The van der Waals surface area contributed by atoms with Crippen LogP contribution in [0.25, 0.3) is 12.2 Å². The van der Waals surface area contributed by atoms with Crippen LogP contribution in [0.1, 0.15) is 80.4 Å². The van der Waals surface area contributed by atoms with E-state index in [1.807, 2.05) is 118 Å². The van der Waals surface area contributed by atoms with E-state index in [0.717, 1.165) is 0 Å². The van der Waals surface area contributed by atoms with E-state index in [-0.39, 0.29) is 16.8 Å². The van der Waals surface area contributed by atoms with Gasteiger partial charge in [-0.3, -0.25) is 0 Å². The van der Waals surface area contributed by atoms with Crippen LogP contribution in [0.2, 0.25) is 0 Å².